The number of hydrogen-bond acceptors (Lipinski definition) is 2. The molecule has 3 aromatic rings. The summed E-state index contributed by atoms with van der Waals surface area (Å²) in [6.45, 7) is 0.914. The minimum absolute atomic E-state index is 0.219. The number of nitrogens with zero attached hydrogens (tertiary/aromatic N) is 2. The Balaban J connectivity index is 1.87. The highest BCUT2D eigenvalue weighted by Gasteiger charge is 2.17. The third kappa shape index (κ3) is 4.04. The third-order valence-electron chi connectivity index (χ3n) is 3.69. The monoisotopic (exact) mass is 320 g/mol. The first kappa shape index (κ1) is 15.9. The molecule has 24 heavy (non-hydrogen) atoms. The van der Waals surface area contributed by atoms with E-state index < -0.39 is 5.95 Å². The van der Waals surface area contributed by atoms with Crippen LogP contribution in [0.4, 0.5) is 4.39 Å². The van der Waals surface area contributed by atoms with Gasteiger partial charge in [0.05, 0.1) is 0 Å². The summed E-state index contributed by atoms with van der Waals surface area (Å²) in [5, 5.41) is 0. The van der Waals surface area contributed by atoms with E-state index in [1.807, 2.05) is 60.7 Å². The summed E-state index contributed by atoms with van der Waals surface area (Å²) in [6, 6.07) is 22.2. The van der Waals surface area contributed by atoms with E-state index in [4.69, 9.17) is 0 Å². The molecule has 0 radical (unpaired) electrons. The number of aromatic nitrogens is 1. The van der Waals surface area contributed by atoms with Crippen LogP contribution in [0, 0.1) is 5.95 Å². The van der Waals surface area contributed by atoms with Crippen molar-refractivity contribution in [3.63, 3.8) is 0 Å². The number of carbonyl (C=O) groups is 1. The van der Waals surface area contributed by atoms with Crippen molar-refractivity contribution in [1.82, 2.24) is 9.88 Å². The van der Waals surface area contributed by atoms with Crippen molar-refractivity contribution in [1.29, 1.82) is 0 Å². The summed E-state index contributed by atoms with van der Waals surface area (Å²) in [5.41, 5.74) is 2.35. The summed E-state index contributed by atoms with van der Waals surface area (Å²) in [6.07, 6.45) is 1.31. The van der Waals surface area contributed by atoms with Crippen molar-refractivity contribution in [2.45, 2.75) is 13.1 Å². The molecule has 0 N–H and O–H groups in total. The Morgan fingerprint density at radius 2 is 1.42 bits per heavy atom. The quantitative estimate of drug-likeness (QED) is 0.664. The van der Waals surface area contributed by atoms with Gasteiger partial charge in [0.2, 0.25) is 5.95 Å². The van der Waals surface area contributed by atoms with Gasteiger partial charge in [-0.15, -0.1) is 0 Å². The zero-order valence-corrected chi connectivity index (χ0v) is 13.1. The normalized spacial score (nSPS) is 10.4. The van der Waals surface area contributed by atoms with Crippen LogP contribution in [-0.2, 0) is 13.1 Å². The Labute approximate surface area is 140 Å². The van der Waals surface area contributed by atoms with Gasteiger partial charge >= 0.3 is 0 Å². The molecule has 1 heterocycles. The zero-order valence-electron chi connectivity index (χ0n) is 13.1. The van der Waals surface area contributed by atoms with E-state index in [-0.39, 0.29) is 5.91 Å². The average Bonchev–Trinajstić information content (AvgIpc) is 2.62. The highest BCUT2D eigenvalue weighted by molar-refractivity contribution is 5.94. The number of carbonyl (C=O) groups excluding carboxylic acids is 1. The van der Waals surface area contributed by atoms with Crippen molar-refractivity contribution in [2.24, 2.45) is 0 Å². The van der Waals surface area contributed by atoms with Crippen LogP contribution in [0.2, 0.25) is 0 Å². The summed E-state index contributed by atoms with van der Waals surface area (Å²) >= 11 is 0. The van der Waals surface area contributed by atoms with Gasteiger partial charge in [0.15, 0.2) is 0 Å². The Morgan fingerprint density at radius 1 is 0.875 bits per heavy atom. The molecule has 0 aliphatic carbocycles. The molecule has 0 bridgehead atoms. The van der Waals surface area contributed by atoms with Gasteiger partial charge in [-0.3, -0.25) is 4.79 Å². The minimum Gasteiger partial charge on any atom is -0.330 e. The van der Waals surface area contributed by atoms with Crippen LogP contribution in [-0.4, -0.2) is 15.8 Å². The van der Waals surface area contributed by atoms with Crippen LogP contribution in [0.1, 0.15) is 21.5 Å². The van der Waals surface area contributed by atoms with E-state index in [2.05, 4.69) is 4.98 Å². The first-order valence-electron chi connectivity index (χ1n) is 7.71. The molecule has 2 aromatic carbocycles. The van der Waals surface area contributed by atoms with Crippen molar-refractivity contribution in [3.05, 3.63) is 102 Å². The average molecular weight is 320 g/mol. The van der Waals surface area contributed by atoms with Crippen molar-refractivity contribution >= 4 is 5.91 Å². The Kier molecular flexibility index (Phi) is 4.96. The lowest BCUT2D eigenvalue weighted by Gasteiger charge is -2.23. The van der Waals surface area contributed by atoms with E-state index in [9.17, 15) is 9.18 Å². The predicted octanol–water partition coefficient (Wildman–Crippen LogP) is 4.06. The molecule has 0 unspecified atom stereocenters. The maximum Gasteiger partial charge on any atom is 0.254 e. The van der Waals surface area contributed by atoms with E-state index in [1.54, 1.807) is 4.90 Å². The molecule has 1 amide bonds. The number of benzene rings is 2. The summed E-state index contributed by atoms with van der Waals surface area (Å²) in [7, 11) is 0. The standard InChI is InChI=1S/C20H17FN2O/c21-19-13-18(11-12-22-19)20(24)23(14-16-7-3-1-4-8-16)15-17-9-5-2-6-10-17/h1-13H,14-15H2. The van der Waals surface area contributed by atoms with Crippen molar-refractivity contribution in [3.8, 4) is 0 Å². The molecule has 0 saturated carbocycles. The molecule has 0 spiro atoms. The number of pyridine rings is 1. The Hall–Kier alpha value is -3.01. The second-order valence-corrected chi connectivity index (χ2v) is 5.50. The maximum atomic E-state index is 13.4. The molecule has 0 aliphatic rings. The van der Waals surface area contributed by atoms with Gasteiger partial charge in [0.1, 0.15) is 0 Å². The highest BCUT2D eigenvalue weighted by atomic mass is 19.1. The van der Waals surface area contributed by atoms with E-state index >= 15 is 0 Å². The van der Waals surface area contributed by atoms with E-state index in [0.29, 0.717) is 18.7 Å². The second kappa shape index (κ2) is 7.51. The highest BCUT2D eigenvalue weighted by Crippen LogP contribution is 2.14. The molecule has 0 atom stereocenters. The molecule has 1 aromatic heterocycles. The lowest BCUT2D eigenvalue weighted by atomic mass is 10.1. The third-order valence-corrected chi connectivity index (χ3v) is 3.69. The first-order valence-corrected chi connectivity index (χ1v) is 7.71. The van der Waals surface area contributed by atoms with E-state index in [0.717, 1.165) is 11.1 Å². The lowest BCUT2D eigenvalue weighted by molar-refractivity contribution is 0.0729. The van der Waals surface area contributed by atoms with Gasteiger partial charge in [0, 0.05) is 30.9 Å². The van der Waals surface area contributed by atoms with Gasteiger partial charge in [-0.1, -0.05) is 60.7 Å². The molecule has 3 rings (SSSR count). The molecule has 0 fully saturated rings. The molecular formula is C20H17FN2O. The number of halogens is 1. The van der Waals surface area contributed by atoms with Gasteiger partial charge in [0.25, 0.3) is 5.91 Å². The first-order chi connectivity index (χ1) is 11.7. The van der Waals surface area contributed by atoms with Crippen molar-refractivity contribution < 1.29 is 9.18 Å². The number of hydrogen-bond donors (Lipinski definition) is 0. The largest absolute Gasteiger partial charge is 0.330 e. The van der Waals surface area contributed by atoms with Gasteiger partial charge in [-0.05, 0) is 17.2 Å². The molecular weight excluding hydrogens is 303 g/mol. The zero-order chi connectivity index (χ0) is 16.8. The van der Waals surface area contributed by atoms with Crippen LogP contribution in [0.25, 0.3) is 0 Å². The maximum absolute atomic E-state index is 13.4. The number of amides is 1. The fraction of sp³-hybridized carbons (Fsp3) is 0.100. The topological polar surface area (TPSA) is 33.2 Å². The smallest absolute Gasteiger partial charge is 0.254 e. The number of rotatable bonds is 5. The fourth-order valence-corrected chi connectivity index (χ4v) is 2.53. The summed E-state index contributed by atoms with van der Waals surface area (Å²) < 4.78 is 13.4. The van der Waals surface area contributed by atoms with Gasteiger partial charge in [-0.25, -0.2) is 4.98 Å². The predicted molar refractivity (Wildman–Crippen MR) is 90.7 cm³/mol. The molecule has 0 saturated heterocycles. The van der Waals surface area contributed by atoms with Crippen LogP contribution >= 0.6 is 0 Å². The van der Waals surface area contributed by atoms with Gasteiger partial charge < -0.3 is 4.90 Å². The fourth-order valence-electron chi connectivity index (χ4n) is 2.53. The molecule has 4 heteroatoms. The molecule has 120 valence electrons. The SMILES string of the molecule is O=C(c1ccnc(F)c1)N(Cc1ccccc1)Cc1ccccc1. The second-order valence-electron chi connectivity index (χ2n) is 5.50. The van der Waals surface area contributed by atoms with Crippen LogP contribution in [0.3, 0.4) is 0 Å². The summed E-state index contributed by atoms with van der Waals surface area (Å²) in [4.78, 5) is 18.1. The molecule has 3 nitrogen and oxygen atoms in total. The van der Waals surface area contributed by atoms with Gasteiger partial charge in [-0.2, -0.15) is 4.39 Å². The Bertz CT molecular complexity index is 765. The summed E-state index contributed by atoms with van der Waals surface area (Å²) in [5.74, 6) is -0.871. The van der Waals surface area contributed by atoms with Crippen LogP contribution in [0.15, 0.2) is 79.0 Å². The van der Waals surface area contributed by atoms with Crippen molar-refractivity contribution in [2.75, 3.05) is 0 Å². The van der Waals surface area contributed by atoms with Crippen LogP contribution in [0.5, 0.6) is 0 Å². The minimum atomic E-state index is -0.653. The van der Waals surface area contributed by atoms with Crippen LogP contribution < -0.4 is 0 Å². The van der Waals surface area contributed by atoms with E-state index in [1.165, 1.54) is 18.3 Å². The Morgan fingerprint density at radius 3 is 1.92 bits per heavy atom. The molecule has 0 aliphatic heterocycles. The lowest BCUT2D eigenvalue weighted by Crippen LogP contribution is -2.30.